The molecule has 0 amide bonds. The first-order valence-electron chi connectivity index (χ1n) is 7.54. The zero-order valence-electron chi connectivity index (χ0n) is 13.2. The summed E-state index contributed by atoms with van der Waals surface area (Å²) in [6.45, 7) is 6.65. The van der Waals surface area contributed by atoms with E-state index in [0.29, 0.717) is 18.1 Å². The summed E-state index contributed by atoms with van der Waals surface area (Å²) >= 11 is 0. The molecule has 22 heavy (non-hydrogen) atoms. The van der Waals surface area contributed by atoms with Crippen LogP contribution in [0.3, 0.4) is 0 Å². The Hall–Kier alpha value is -2.43. The lowest BCUT2D eigenvalue weighted by molar-refractivity contribution is 0.550. The van der Waals surface area contributed by atoms with Crippen LogP contribution in [0.2, 0.25) is 0 Å². The van der Waals surface area contributed by atoms with Crippen molar-refractivity contribution in [1.29, 1.82) is 0 Å². The van der Waals surface area contributed by atoms with Gasteiger partial charge in [0.15, 0.2) is 5.65 Å². The molecule has 0 aliphatic heterocycles. The minimum absolute atomic E-state index is 0.127. The lowest BCUT2D eigenvalue weighted by atomic mass is 10.1. The van der Waals surface area contributed by atoms with E-state index in [1.807, 2.05) is 43.3 Å². The predicted octanol–water partition coefficient (Wildman–Crippen LogP) is 2.45. The van der Waals surface area contributed by atoms with Gasteiger partial charge in [0.2, 0.25) is 0 Å². The maximum Gasteiger partial charge on any atom is 0.352 e. The molecule has 5 nitrogen and oxygen atoms in total. The third kappa shape index (κ3) is 2.79. The van der Waals surface area contributed by atoms with Crippen LogP contribution in [-0.4, -0.2) is 19.2 Å². The van der Waals surface area contributed by atoms with Gasteiger partial charge in [-0.15, -0.1) is 0 Å². The van der Waals surface area contributed by atoms with Gasteiger partial charge in [-0.1, -0.05) is 44.2 Å². The van der Waals surface area contributed by atoms with Crippen molar-refractivity contribution in [2.24, 2.45) is 5.92 Å². The van der Waals surface area contributed by atoms with Crippen LogP contribution in [0, 0.1) is 12.8 Å². The molecule has 0 unspecified atom stereocenters. The summed E-state index contributed by atoms with van der Waals surface area (Å²) in [6, 6.07) is 11.8. The normalized spacial score (nSPS) is 11.5. The molecule has 0 aliphatic rings. The standard InChI is InChI=1S/C17H20N4O/c1-12(2)9-15-18-16-10-13(3)19-21(16)17(22)20(15)11-14-7-5-4-6-8-14/h4-8,10,12H,9,11H2,1-3H3. The zero-order chi connectivity index (χ0) is 15.7. The highest BCUT2D eigenvalue weighted by Crippen LogP contribution is 2.09. The van der Waals surface area contributed by atoms with E-state index in [0.717, 1.165) is 23.5 Å². The summed E-state index contributed by atoms with van der Waals surface area (Å²) in [5.41, 5.74) is 2.39. The van der Waals surface area contributed by atoms with Gasteiger partial charge in [-0.05, 0) is 18.4 Å². The van der Waals surface area contributed by atoms with Gasteiger partial charge >= 0.3 is 5.69 Å². The summed E-state index contributed by atoms with van der Waals surface area (Å²) in [5.74, 6) is 1.25. The van der Waals surface area contributed by atoms with E-state index in [4.69, 9.17) is 0 Å². The third-order valence-electron chi connectivity index (χ3n) is 3.55. The molecular weight excluding hydrogens is 276 g/mol. The minimum atomic E-state index is -0.127. The number of benzene rings is 1. The number of nitrogens with zero attached hydrogens (tertiary/aromatic N) is 4. The second-order valence-electron chi connectivity index (χ2n) is 6.04. The molecule has 2 aromatic heterocycles. The van der Waals surface area contributed by atoms with Crippen molar-refractivity contribution < 1.29 is 0 Å². The van der Waals surface area contributed by atoms with Crippen LogP contribution < -0.4 is 5.69 Å². The topological polar surface area (TPSA) is 52.2 Å². The largest absolute Gasteiger partial charge is 0.352 e. The lowest BCUT2D eigenvalue weighted by Gasteiger charge is -2.14. The van der Waals surface area contributed by atoms with Crippen LogP contribution in [-0.2, 0) is 13.0 Å². The summed E-state index contributed by atoms with van der Waals surface area (Å²) < 4.78 is 3.12. The van der Waals surface area contributed by atoms with Gasteiger partial charge in [0.05, 0.1) is 12.2 Å². The van der Waals surface area contributed by atoms with Crippen molar-refractivity contribution in [3.8, 4) is 0 Å². The monoisotopic (exact) mass is 296 g/mol. The molecule has 0 radical (unpaired) electrons. The molecule has 3 aromatic rings. The summed E-state index contributed by atoms with van der Waals surface area (Å²) in [5, 5.41) is 4.26. The Kier molecular flexibility index (Phi) is 3.79. The molecule has 0 fully saturated rings. The maximum atomic E-state index is 12.8. The molecular formula is C17H20N4O. The maximum absolute atomic E-state index is 12.8. The van der Waals surface area contributed by atoms with E-state index in [9.17, 15) is 4.79 Å². The highest BCUT2D eigenvalue weighted by atomic mass is 16.2. The first-order valence-corrected chi connectivity index (χ1v) is 7.54. The van der Waals surface area contributed by atoms with Gasteiger partial charge in [-0.3, -0.25) is 4.57 Å². The summed E-state index contributed by atoms with van der Waals surface area (Å²) in [4.78, 5) is 17.4. The summed E-state index contributed by atoms with van der Waals surface area (Å²) in [7, 11) is 0. The van der Waals surface area contributed by atoms with Gasteiger partial charge in [-0.25, -0.2) is 9.78 Å². The first kappa shape index (κ1) is 14.5. The van der Waals surface area contributed by atoms with Crippen molar-refractivity contribution in [1.82, 2.24) is 19.2 Å². The number of aromatic nitrogens is 4. The molecule has 0 saturated heterocycles. The average molecular weight is 296 g/mol. The van der Waals surface area contributed by atoms with E-state index in [2.05, 4.69) is 23.9 Å². The molecule has 0 spiro atoms. The minimum Gasteiger partial charge on any atom is -0.275 e. The lowest BCUT2D eigenvalue weighted by Crippen LogP contribution is -2.32. The van der Waals surface area contributed by atoms with Gasteiger partial charge < -0.3 is 0 Å². The molecule has 1 aromatic carbocycles. The van der Waals surface area contributed by atoms with E-state index >= 15 is 0 Å². The number of rotatable bonds is 4. The van der Waals surface area contributed by atoms with E-state index in [1.165, 1.54) is 4.52 Å². The quantitative estimate of drug-likeness (QED) is 0.743. The van der Waals surface area contributed by atoms with Crippen LogP contribution in [0.1, 0.15) is 30.9 Å². The third-order valence-corrected chi connectivity index (χ3v) is 3.55. The number of hydrogen-bond donors (Lipinski definition) is 0. The molecule has 5 heteroatoms. The van der Waals surface area contributed by atoms with E-state index in [1.54, 1.807) is 4.57 Å². The fraction of sp³-hybridized carbons (Fsp3) is 0.353. The Morgan fingerprint density at radius 1 is 1.18 bits per heavy atom. The number of aryl methyl sites for hydroxylation is 1. The van der Waals surface area contributed by atoms with Crippen molar-refractivity contribution >= 4 is 5.65 Å². The smallest absolute Gasteiger partial charge is 0.275 e. The van der Waals surface area contributed by atoms with Crippen LogP contribution in [0.5, 0.6) is 0 Å². The highest BCUT2D eigenvalue weighted by molar-refractivity contribution is 5.38. The van der Waals surface area contributed by atoms with Gasteiger partial charge in [0.25, 0.3) is 0 Å². The van der Waals surface area contributed by atoms with Crippen LogP contribution in [0.15, 0.2) is 41.2 Å². The zero-order valence-corrected chi connectivity index (χ0v) is 13.2. The molecule has 3 rings (SSSR count). The van der Waals surface area contributed by atoms with Gasteiger partial charge in [0.1, 0.15) is 5.82 Å². The predicted molar refractivity (Wildman–Crippen MR) is 86.1 cm³/mol. The number of fused-ring (bicyclic) bond motifs is 1. The van der Waals surface area contributed by atoms with Crippen LogP contribution >= 0.6 is 0 Å². The SMILES string of the molecule is Cc1cc2nc(CC(C)C)n(Cc3ccccc3)c(=O)n2n1. The van der Waals surface area contributed by atoms with Gasteiger partial charge in [0, 0.05) is 12.5 Å². The summed E-state index contributed by atoms with van der Waals surface area (Å²) in [6.07, 6.45) is 0.767. The Balaban J connectivity index is 2.16. The van der Waals surface area contributed by atoms with E-state index in [-0.39, 0.29) is 5.69 Å². The molecule has 0 N–H and O–H groups in total. The Morgan fingerprint density at radius 2 is 1.91 bits per heavy atom. The molecule has 0 aliphatic carbocycles. The molecule has 0 bridgehead atoms. The molecule has 114 valence electrons. The van der Waals surface area contributed by atoms with Crippen molar-refractivity contribution in [3.05, 3.63) is 64.0 Å². The molecule has 0 atom stereocenters. The van der Waals surface area contributed by atoms with Gasteiger partial charge in [-0.2, -0.15) is 9.61 Å². The highest BCUT2D eigenvalue weighted by Gasteiger charge is 2.14. The van der Waals surface area contributed by atoms with E-state index < -0.39 is 0 Å². The Bertz CT molecular complexity index is 846. The molecule has 2 heterocycles. The van der Waals surface area contributed by atoms with Crippen molar-refractivity contribution in [2.45, 2.75) is 33.7 Å². The van der Waals surface area contributed by atoms with Crippen molar-refractivity contribution in [2.75, 3.05) is 0 Å². The number of hydrogen-bond acceptors (Lipinski definition) is 3. The second-order valence-corrected chi connectivity index (χ2v) is 6.04. The Labute approximate surface area is 129 Å². The molecule has 0 saturated carbocycles. The fourth-order valence-electron chi connectivity index (χ4n) is 2.57. The Morgan fingerprint density at radius 3 is 2.59 bits per heavy atom. The average Bonchev–Trinajstić information content (AvgIpc) is 2.84. The first-order chi connectivity index (χ1) is 10.5. The second kappa shape index (κ2) is 5.75. The fourth-order valence-corrected chi connectivity index (χ4v) is 2.57. The van der Waals surface area contributed by atoms with Crippen LogP contribution in [0.4, 0.5) is 0 Å². The van der Waals surface area contributed by atoms with Crippen molar-refractivity contribution in [3.63, 3.8) is 0 Å². The van der Waals surface area contributed by atoms with Crippen LogP contribution in [0.25, 0.3) is 5.65 Å².